The molecule has 0 amide bonds. The highest BCUT2D eigenvalue weighted by Crippen LogP contribution is 2.19. The number of hydrogen-bond donors (Lipinski definition) is 2. The number of aromatic nitrogens is 1. The Morgan fingerprint density at radius 1 is 1.18 bits per heavy atom. The summed E-state index contributed by atoms with van der Waals surface area (Å²) < 4.78 is 5.74. The zero-order valence-electron chi connectivity index (χ0n) is 19.7. The lowest BCUT2D eigenvalue weighted by Gasteiger charge is -2.27. The highest BCUT2D eigenvalue weighted by Gasteiger charge is 2.18. The zero-order chi connectivity index (χ0) is 23.4. The number of benzene rings is 2. The lowest BCUT2D eigenvalue weighted by Crippen LogP contribution is -2.43. The maximum Gasteiger partial charge on any atom is 0.253 e. The molecule has 2 N–H and O–H groups in total. The second kappa shape index (κ2) is 10.5. The van der Waals surface area contributed by atoms with E-state index in [1.54, 1.807) is 0 Å². The van der Waals surface area contributed by atoms with Gasteiger partial charge in [0, 0.05) is 36.2 Å². The molecule has 0 bridgehead atoms. The van der Waals surface area contributed by atoms with Crippen LogP contribution in [0.25, 0.3) is 10.9 Å². The van der Waals surface area contributed by atoms with Crippen LogP contribution in [0.15, 0.2) is 47.3 Å². The van der Waals surface area contributed by atoms with Crippen LogP contribution in [0.3, 0.4) is 0 Å². The first-order valence-corrected chi connectivity index (χ1v) is 12.1. The minimum atomic E-state index is -0.0602. The molecule has 5 nitrogen and oxygen atoms in total. The molecule has 0 aliphatic carbocycles. The number of nitrogens with one attached hydrogen (secondary N) is 2. The third-order valence-corrected chi connectivity index (χ3v) is 6.70. The maximum absolute atomic E-state index is 12.9. The van der Waals surface area contributed by atoms with E-state index >= 15 is 0 Å². The van der Waals surface area contributed by atoms with E-state index in [1.165, 1.54) is 11.1 Å². The SMILES string of the molecule is Cc1cccc(CCN(Cc2cc3c(C)cc(C)cc3[nH]c2=O)C(=S)NCC2CCCO2)c1. The van der Waals surface area contributed by atoms with Gasteiger partial charge in [-0.3, -0.25) is 4.79 Å². The first-order valence-electron chi connectivity index (χ1n) is 11.7. The monoisotopic (exact) mass is 463 g/mol. The van der Waals surface area contributed by atoms with Gasteiger partial charge in [0.25, 0.3) is 5.56 Å². The van der Waals surface area contributed by atoms with E-state index < -0.39 is 0 Å². The third kappa shape index (κ3) is 6.01. The summed E-state index contributed by atoms with van der Waals surface area (Å²) in [5, 5.41) is 5.13. The second-order valence-electron chi connectivity index (χ2n) is 9.15. The Balaban J connectivity index is 1.55. The highest BCUT2D eigenvalue weighted by molar-refractivity contribution is 7.80. The molecule has 1 saturated heterocycles. The molecule has 0 radical (unpaired) electrons. The van der Waals surface area contributed by atoms with E-state index in [1.807, 2.05) is 19.1 Å². The lowest BCUT2D eigenvalue weighted by atomic mass is 10.0. The minimum Gasteiger partial charge on any atom is -0.376 e. The molecule has 4 rings (SSSR count). The number of ether oxygens (including phenoxy) is 1. The van der Waals surface area contributed by atoms with Gasteiger partial charge in [0.1, 0.15) is 0 Å². The van der Waals surface area contributed by atoms with Crippen LogP contribution in [-0.4, -0.2) is 40.8 Å². The number of nitrogens with zero attached hydrogens (tertiary/aromatic N) is 1. The molecule has 1 atom stereocenters. The molecule has 2 aromatic carbocycles. The van der Waals surface area contributed by atoms with E-state index in [-0.39, 0.29) is 11.7 Å². The van der Waals surface area contributed by atoms with Gasteiger partial charge in [-0.1, -0.05) is 35.9 Å². The molecule has 1 aliphatic rings. The van der Waals surface area contributed by atoms with Crippen molar-refractivity contribution in [1.29, 1.82) is 0 Å². The van der Waals surface area contributed by atoms with Crippen molar-refractivity contribution in [2.45, 2.75) is 52.7 Å². The molecule has 0 saturated carbocycles. The number of aryl methyl sites for hydroxylation is 3. The molecule has 1 unspecified atom stereocenters. The predicted molar refractivity (Wildman–Crippen MR) is 139 cm³/mol. The van der Waals surface area contributed by atoms with Crippen LogP contribution in [-0.2, 0) is 17.7 Å². The molecule has 1 fully saturated rings. The largest absolute Gasteiger partial charge is 0.376 e. The molecule has 0 spiro atoms. The van der Waals surface area contributed by atoms with E-state index in [0.717, 1.165) is 60.0 Å². The van der Waals surface area contributed by atoms with Crippen LogP contribution >= 0.6 is 12.2 Å². The van der Waals surface area contributed by atoms with Gasteiger partial charge >= 0.3 is 0 Å². The summed E-state index contributed by atoms with van der Waals surface area (Å²) in [7, 11) is 0. The number of pyridine rings is 1. The van der Waals surface area contributed by atoms with Crippen molar-refractivity contribution >= 4 is 28.2 Å². The average Bonchev–Trinajstić information content (AvgIpc) is 3.29. The number of hydrogen-bond acceptors (Lipinski definition) is 3. The Labute approximate surface area is 201 Å². The van der Waals surface area contributed by atoms with E-state index in [2.05, 4.69) is 59.4 Å². The van der Waals surface area contributed by atoms with E-state index in [4.69, 9.17) is 17.0 Å². The summed E-state index contributed by atoms with van der Waals surface area (Å²) in [5.74, 6) is 0. The van der Waals surface area contributed by atoms with Crippen LogP contribution in [0.5, 0.6) is 0 Å². The second-order valence-corrected chi connectivity index (χ2v) is 9.54. The van der Waals surface area contributed by atoms with Crippen LogP contribution < -0.4 is 10.9 Å². The molecular weight excluding hydrogens is 430 g/mol. The first kappa shape index (κ1) is 23.5. The van der Waals surface area contributed by atoms with Gasteiger partial charge in [0.15, 0.2) is 5.11 Å². The fraction of sp³-hybridized carbons (Fsp3) is 0.407. The standard InChI is InChI=1S/C27H33N3O2S/c1-18-6-4-7-21(13-18)9-10-30(27(33)28-16-23-8-5-11-32-23)17-22-15-24-20(3)12-19(2)14-25(24)29-26(22)31/h4,6-7,12-15,23H,5,8-11,16-17H2,1-3H3,(H,28,33)(H,29,31). The fourth-order valence-electron chi connectivity index (χ4n) is 4.54. The molecule has 6 heteroatoms. The van der Waals surface area contributed by atoms with Gasteiger partial charge in [0.2, 0.25) is 0 Å². The third-order valence-electron chi connectivity index (χ3n) is 6.30. The molecular formula is C27H33N3O2S. The molecule has 3 aromatic rings. The summed E-state index contributed by atoms with van der Waals surface area (Å²) >= 11 is 5.78. The molecule has 1 aromatic heterocycles. The van der Waals surface area contributed by atoms with Crippen molar-refractivity contribution in [2.24, 2.45) is 0 Å². The Morgan fingerprint density at radius 3 is 2.79 bits per heavy atom. The van der Waals surface area contributed by atoms with Crippen molar-refractivity contribution < 1.29 is 4.74 Å². The quantitative estimate of drug-likeness (QED) is 0.504. The summed E-state index contributed by atoms with van der Waals surface area (Å²) in [4.78, 5) is 18.1. The van der Waals surface area contributed by atoms with Crippen molar-refractivity contribution in [1.82, 2.24) is 15.2 Å². The predicted octanol–water partition coefficient (Wildman–Crippen LogP) is 4.55. The number of H-pyrrole nitrogens is 1. The summed E-state index contributed by atoms with van der Waals surface area (Å²) in [6, 6.07) is 14.7. The number of fused-ring (bicyclic) bond motifs is 1. The van der Waals surface area contributed by atoms with Gasteiger partial charge in [-0.05, 0) is 81.1 Å². The van der Waals surface area contributed by atoms with Crippen LogP contribution in [0.4, 0.5) is 0 Å². The van der Waals surface area contributed by atoms with Crippen molar-refractivity contribution in [3.63, 3.8) is 0 Å². The molecule has 2 heterocycles. The average molecular weight is 464 g/mol. The van der Waals surface area contributed by atoms with Crippen molar-refractivity contribution in [3.8, 4) is 0 Å². The smallest absolute Gasteiger partial charge is 0.253 e. The van der Waals surface area contributed by atoms with Crippen molar-refractivity contribution in [2.75, 3.05) is 19.7 Å². The van der Waals surface area contributed by atoms with E-state index in [0.29, 0.717) is 18.2 Å². The first-order chi connectivity index (χ1) is 15.9. The van der Waals surface area contributed by atoms with E-state index in [9.17, 15) is 4.79 Å². The fourth-order valence-corrected chi connectivity index (χ4v) is 4.78. The lowest BCUT2D eigenvalue weighted by molar-refractivity contribution is 0.113. The van der Waals surface area contributed by atoms with Crippen LogP contribution in [0, 0.1) is 20.8 Å². The topological polar surface area (TPSA) is 57.4 Å². The number of aromatic amines is 1. The zero-order valence-corrected chi connectivity index (χ0v) is 20.6. The highest BCUT2D eigenvalue weighted by atomic mass is 32.1. The van der Waals surface area contributed by atoms with Crippen LogP contribution in [0.1, 0.15) is 40.7 Å². The van der Waals surface area contributed by atoms with Gasteiger partial charge < -0.3 is 19.9 Å². The summed E-state index contributed by atoms with van der Waals surface area (Å²) in [5.41, 5.74) is 6.35. The van der Waals surface area contributed by atoms with Gasteiger partial charge in [-0.25, -0.2) is 0 Å². The van der Waals surface area contributed by atoms with Gasteiger partial charge in [-0.15, -0.1) is 0 Å². The Hall–Kier alpha value is -2.70. The normalized spacial score (nSPS) is 15.7. The summed E-state index contributed by atoms with van der Waals surface area (Å²) in [6.45, 7) is 8.94. The molecule has 174 valence electrons. The van der Waals surface area contributed by atoms with Gasteiger partial charge in [-0.2, -0.15) is 0 Å². The van der Waals surface area contributed by atoms with Crippen LogP contribution in [0.2, 0.25) is 0 Å². The summed E-state index contributed by atoms with van der Waals surface area (Å²) in [6.07, 6.45) is 3.22. The minimum absolute atomic E-state index is 0.0602. The maximum atomic E-state index is 12.9. The molecule has 1 aliphatic heterocycles. The van der Waals surface area contributed by atoms with Crippen molar-refractivity contribution in [3.05, 3.63) is 80.6 Å². The number of rotatable bonds is 7. The van der Waals surface area contributed by atoms with Gasteiger partial charge in [0.05, 0.1) is 12.6 Å². The Morgan fingerprint density at radius 2 is 2.03 bits per heavy atom. The molecule has 33 heavy (non-hydrogen) atoms. The Bertz CT molecular complexity index is 1200. The number of thiocarbonyl (C=S) groups is 1. The Kier molecular flexibility index (Phi) is 7.46.